The van der Waals surface area contributed by atoms with Gasteiger partial charge >= 0.3 is 0 Å². The standard InChI is InChI=1S/C13H21NO2.4F2/c1-3-15-10-11-16-9-8-14-13-7-5-4-6-12(13)2;4*1-2/h4-7,14H,3,8-11H2,1-2H3;;;;. The van der Waals surface area contributed by atoms with Crippen molar-refractivity contribution in [3.8, 4) is 0 Å². The van der Waals surface area contributed by atoms with E-state index in [4.69, 9.17) is 46.1 Å². The van der Waals surface area contributed by atoms with Crippen LogP contribution in [0.15, 0.2) is 24.3 Å². The van der Waals surface area contributed by atoms with Crippen molar-refractivity contribution in [2.75, 3.05) is 38.3 Å². The third-order valence-electron chi connectivity index (χ3n) is 2.28. The van der Waals surface area contributed by atoms with Crippen LogP contribution < -0.4 is 5.32 Å². The maximum absolute atomic E-state index is 8.00. The van der Waals surface area contributed by atoms with Gasteiger partial charge in [0.05, 0.1) is 19.8 Å². The minimum atomic E-state index is 0.670. The van der Waals surface area contributed by atoms with Gasteiger partial charge in [0.15, 0.2) is 0 Å². The van der Waals surface area contributed by atoms with Crippen LogP contribution in [0.2, 0.25) is 0 Å². The second-order valence-corrected chi connectivity index (χ2v) is 3.55. The highest BCUT2D eigenvalue weighted by Gasteiger charge is 1.94. The third kappa shape index (κ3) is 22.7. The lowest BCUT2D eigenvalue weighted by atomic mass is 10.2. The average molecular weight is 375 g/mol. The molecular weight excluding hydrogens is 354 g/mol. The molecule has 0 aliphatic carbocycles. The lowest BCUT2D eigenvalue weighted by Crippen LogP contribution is -2.12. The van der Waals surface area contributed by atoms with Crippen LogP contribution in [0.1, 0.15) is 12.5 Å². The van der Waals surface area contributed by atoms with Crippen LogP contribution in [-0.2, 0) is 9.47 Å². The molecule has 1 rings (SSSR count). The van der Waals surface area contributed by atoms with Gasteiger partial charge in [-0.05, 0) is 25.5 Å². The Kier molecular flexibility index (Phi) is 41.8. The van der Waals surface area contributed by atoms with Crippen LogP contribution in [0.25, 0.3) is 0 Å². The van der Waals surface area contributed by atoms with Gasteiger partial charge in [0.1, 0.15) is 0 Å². The Labute approximate surface area is 135 Å². The van der Waals surface area contributed by atoms with E-state index in [9.17, 15) is 0 Å². The van der Waals surface area contributed by atoms with Crippen molar-refractivity contribution in [1.29, 1.82) is 0 Å². The molecule has 0 saturated heterocycles. The summed E-state index contributed by atoms with van der Waals surface area (Å²) in [4.78, 5) is 0. The van der Waals surface area contributed by atoms with Gasteiger partial charge < -0.3 is 14.8 Å². The average Bonchev–Trinajstić information content (AvgIpc) is 2.69. The van der Waals surface area contributed by atoms with Gasteiger partial charge in [-0.2, -0.15) is 0 Å². The Bertz CT molecular complexity index is 311. The van der Waals surface area contributed by atoms with Crippen LogP contribution in [-0.4, -0.2) is 33.0 Å². The van der Waals surface area contributed by atoms with Gasteiger partial charge in [0, 0.05) is 55.4 Å². The molecule has 0 aromatic heterocycles. The molecule has 1 N–H and O–H groups in total. The molecule has 0 heterocycles. The minimum Gasteiger partial charge on any atom is -0.383 e. The van der Waals surface area contributed by atoms with E-state index in [2.05, 4.69) is 24.4 Å². The van der Waals surface area contributed by atoms with E-state index in [-0.39, 0.29) is 0 Å². The van der Waals surface area contributed by atoms with Crippen molar-refractivity contribution in [1.82, 2.24) is 0 Å². The highest BCUT2D eigenvalue weighted by atomic mass is 20.0. The second kappa shape index (κ2) is 33.1. The fourth-order valence-corrected chi connectivity index (χ4v) is 1.39. The molecule has 0 spiro atoms. The van der Waals surface area contributed by atoms with Gasteiger partial charge in [-0.25, -0.2) is 0 Å². The number of hydrogen-bond donors (Lipinski definition) is 1. The van der Waals surface area contributed by atoms with Crippen LogP contribution in [0, 0.1) is 6.92 Å². The Balaban J connectivity index is -0.000000218. The van der Waals surface area contributed by atoms with E-state index in [1.54, 1.807) is 0 Å². The summed E-state index contributed by atoms with van der Waals surface area (Å²) in [5, 5.41) is 3.34. The molecule has 11 heteroatoms. The normalized spacial score (nSPS) is 7.92. The van der Waals surface area contributed by atoms with E-state index in [1.165, 1.54) is 11.3 Å². The first-order chi connectivity index (χ1) is 11.8. The fourth-order valence-electron chi connectivity index (χ4n) is 1.39. The fraction of sp³-hybridized carbons (Fsp3) is 0.538. The SMILES string of the molecule is CCOCCOCCNc1ccccc1C.FF.FF.FF.FF. The number of para-hydroxylation sites is 1. The van der Waals surface area contributed by atoms with Crippen LogP contribution >= 0.6 is 0 Å². The smallest absolute Gasteiger partial charge is 0.0701 e. The molecule has 0 radical (unpaired) electrons. The summed E-state index contributed by atoms with van der Waals surface area (Å²) in [6.45, 7) is 7.73. The summed E-state index contributed by atoms with van der Waals surface area (Å²) in [6, 6.07) is 8.25. The van der Waals surface area contributed by atoms with Crippen molar-refractivity contribution in [3.63, 3.8) is 0 Å². The predicted octanol–water partition coefficient (Wildman–Crippen LogP) is 5.82. The highest BCUT2D eigenvalue weighted by Crippen LogP contribution is 2.12. The molecule has 146 valence electrons. The lowest BCUT2D eigenvalue weighted by molar-refractivity contribution is 0.0570. The maximum Gasteiger partial charge on any atom is 0.0701 e. The summed E-state index contributed by atoms with van der Waals surface area (Å²) in [7, 11) is 0. The van der Waals surface area contributed by atoms with Gasteiger partial charge in [-0.3, -0.25) is 0 Å². The molecule has 0 atom stereocenters. The Morgan fingerprint density at radius 2 is 1.29 bits per heavy atom. The predicted molar refractivity (Wildman–Crippen MR) is 75.8 cm³/mol. The zero-order valence-electron chi connectivity index (χ0n) is 13.2. The largest absolute Gasteiger partial charge is 0.383 e. The van der Waals surface area contributed by atoms with E-state index < -0.39 is 0 Å². The van der Waals surface area contributed by atoms with E-state index in [0.29, 0.717) is 19.8 Å². The van der Waals surface area contributed by atoms with Crippen molar-refractivity contribution < 1.29 is 46.1 Å². The topological polar surface area (TPSA) is 30.5 Å². The Morgan fingerprint density at radius 3 is 1.79 bits per heavy atom. The number of anilines is 1. The van der Waals surface area contributed by atoms with Crippen LogP contribution in [0.3, 0.4) is 0 Å². The Morgan fingerprint density at radius 1 is 0.792 bits per heavy atom. The first kappa shape index (κ1) is 30.3. The number of ether oxygens (including phenoxy) is 2. The number of rotatable bonds is 8. The number of halogens is 8. The first-order valence-corrected chi connectivity index (χ1v) is 6.36. The number of benzene rings is 1. The maximum atomic E-state index is 8.00. The quantitative estimate of drug-likeness (QED) is 0.459. The molecule has 1 aromatic carbocycles. The zero-order valence-corrected chi connectivity index (χ0v) is 13.2. The molecule has 0 saturated carbocycles. The summed E-state index contributed by atoms with van der Waals surface area (Å²) in [6.07, 6.45) is 0. The Hall–Kier alpha value is -1.62. The highest BCUT2D eigenvalue weighted by molar-refractivity contribution is 5.50. The van der Waals surface area contributed by atoms with Crippen molar-refractivity contribution in [2.24, 2.45) is 0 Å². The van der Waals surface area contributed by atoms with Gasteiger partial charge in [-0.1, -0.05) is 18.2 Å². The molecule has 0 aliphatic rings. The molecule has 0 amide bonds. The number of hydrogen-bond acceptors (Lipinski definition) is 3. The minimum absolute atomic E-state index is 0.670. The van der Waals surface area contributed by atoms with Crippen molar-refractivity contribution in [2.45, 2.75) is 13.8 Å². The van der Waals surface area contributed by atoms with Crippen LogP contribution in [0.5, 0.6) is 0 Å². The number of nitrogens with one attached hydrogen (secondary N) is 1. The van der Waals surface area contributed by atoms with E-state index in [1.807, 2.05) is 19.1 Å². The molecule has 0 fully saturated rings. The van der Waals surface area contributed by atoms with Gasteiger partial charge in [0.25, 0.3) is 0 Å². The molecular formula is C13H21F8NO2. The molecule has 24 heavy (non-hydrogen) atoms. The summed E-state index contributed by atoms with van der Waals surface area (Å²) >= 11 is 0. The summed E-state index contributed by atoms with van der Waals surface area (Å²) < 4.78 is 74.6. The molecule has 0 unspecified atom stereocenters. The lowest BCUT2D eigenvalue weighted by Gasteiger charge is -2.09. The number of aryl methyl sites for hydroxylation is 1. The van der Waals surface area contributed by atoms with Gasteiger partial charge in [-0.15, -0.1) is 0 Å². The van der Waals surface area contributed by atoms with Gasteiger partial charge in [0.2, 0.25) is 0 Å². The molecule has 3 nitrogen and oxygen atoms in total. The van der Waals surface area contributed by atoms with Crippen LogP contribution in [0.4, 0.5) is 42.3 Å². The molecule has 0 bridgehead atoms. The molecule has 0 aliphatic heterocycles. The third-order valence-corrected chi connectivity index (χ3v) is 2.28. The van der Waals surface area contributed by atoms with E-state index >= 15 is 0 Å². The van der Waals surface area contributed by atoms with Crippen molar-refractivity contribution >= 4 is 5.69 Å². The summed E-state index contributed by atoms with van der Waals surface area (Å²) in [5.41, 5.74) is 2.44. The zero-order chi connectivity index (χ0) is 19.6. The summed E-state index contributed by atoms with van der Waals surface area (Å²) in [5.74, 6) is 0. The van der Waals surface area contributed by atoms with Crippen molar-refractivity contribution in [3.05, 3.63) is 29.8 Å². The second-order valence-electron chi connectivity index (χ2n) is 3.55. The monoisotopic (exact) mass is 375 g/mol. The first-order valence-electron chi connectivity index (χ1n) is 6.36. The molecule has 1 aromatic rings. The van der Waals surface area contributed by atoms with E-state index in [0.717, 1.165) is 13.2 Å².